The van der Waals surface area contributed by atoms with Crippen LogP contribution in [0.15, 0.2) is 47.4 Å². The third kappa shape index (κ3) is 5.42. The fourth-order valence-electron chi connectivity index (χ4n) is 2.85. The number of carbonyl (C=O) groups is 3. The number of carbonyl (C=O) groups excluding carboxylic acids is 3. The van der Waals surface area contributed by atoms with E-state index in [9.17, 15) is 14.4 Å². The maximum atomic E-state index is 12.8. The minimum atomic E-state index is -1.00. The number of imide groups is 1. The molecule has 1 aliphatic heterocycles. The van der Waals surface area contributed by atoms with Crippen LogP contribution in [0.5, 0.6) is 5.75 Å². The molecule has 0 spiro atoms. The van der Waals surface area contributed by atoms with Crippen molar-refractivity contribution in [2.75, 3.05) is 6.61 Å². The van der Waals surface area contributed by atoms with Gasteiger partial charge in [0.15, 0.2) is 0 Å². The Kier molecular flexibility index (Phi) is 7.64. The van der Waals surface area contributed by atoms with E-state index in [1.54, 1.807) is 55.5 Å². The van der Waals surface area contributed by atoms with Crippen molar-refractivity contribution in [3.8, 4) is 5.75 Å². The lowest BCUT2D eigenvalue weighted by Gasteiger charge is -2.19. The van der Waals surface area contributed by atoms with Crippen LogP contribution in [0.4, 0.5) is 4.79 Å². The van der Waals surface area contributed by atoms with Crippen molar-refractivity contribution in [3.05, 3.63) is 68.5 Å². The quantitative estimate of drug-likeness (QED) is 0.382. The van der Waals surface area contributed by atoms with Gasteiger partial charge in [-0.25, -0.2) is 4.79 Å². The minimum Gasteiger partial charge on any atom is -0.488 e. The van der Waals surface area contributed by atoms with E-state index in [0.717, 1.165) is 22.2 Å². The molecule has 1 heterocycles. The number of nitrogens with zero attached hydrogens (tertiary/aromatic N) is 1. The molecule has 3 rings (SSSR count). The Morgan fingerprint density at radius 1 is 1.19 bits per heavy atom. The summed E-state index contributed by atoms with van der Waals surface area (Å²) in [6, 6.07) is 11.2. The molecule has 1 unspecified atom stereocenters. The molecular formula is C22H19Cl2NO5S. The van der Waals surface area contributed by atoms with Gasteiger partial charge in [-0.1, -0.05) is 47.5 Å². The number of benzene rings is 2. The minimum absolute atomic E-state index is 0.164. The van der Waals surface area contributed by atoms with Gasteiger partial charge in [0.25, 0.3) is 11.1 Å². The highest BCUT2D eigenvalue weighted by molar-refractivity contribution is 8.18. The largest absolute Gasteiger partial charge is 0.488 e. The van der Waals surface area contributed by atoms with Gasteiger partial charge in [0.05, 0.1) is 11.5 Å². The number of amides is 2. The second-order valence-corrected chi connectivity index (χ2v) is 8.38. The standard InChI is InChI=1S/C22H19Cl2NO5S/c1-3-29-21(27)13(2)25-20(26)19(31-22(25)28)10-14-6-4-5-7-18(14)30-12-15-8-9-16(23)11-17(15)24/h4-11,13H,3,12H2,1-2H3. The number of ether oxygens (including phenoxy) is 2. The Balaban J connectivity index is 1.80. The first-order valence-electron chi connectivity index (χ1n) is 9.41. The van der Waals surface area contributed by atoms with E-state index in [4.69, 9.17) is 32.7 Å². The molecule has 31 heavy (non-hydrogen) atoms. The molecule has 162 valence electrons. The molecule has 0 radical (unpaired) electrons. The average Bonchev–Trinajstić information content (AvgIpc) is 3.01. The normalized spacial score (nSPS) is 16.0. The highest BCUT2D eigenvalue weighted by Gasteiger charge is 2.41. The smallest absolute Gasteiger partial charge is 0.329 e. The summed E-state index contributed by atoms with van der Waals surface area (Å²) in [5.74, 6) is -0.667. The summed E-state index contributed by atoms with van der Waals surface area (Å²) in [6.45, 7) is 3.48. The lowest BCUT2D eigenvalue weighted by Crippen LogP contribution is -2.42. The SMILES string of the molecule is CCOC(=O)C(C)N1C(=O)SC(=Cc2ccccc2OCc2ccc(Cl)cc2Cl)C1=O. The Labute approximate surface area is 194 Å². The summed E-state index contributed by atoms with van der Waals surface area (Å²) in [5, 5.41) is 0.490. The molecule has 9 heteroatoms. The molecule has 0 N–H and O–H groups in total. The number of hydrogen-bond acceptors (Lipinski definition) is 6. The van der Waals surface area contributed by atoms with Crippen molar-refractivity contribution in [2.24, 2.45) is 0 Å². The molecule has 0 aromatic heterocycles. The summed E-state index contributed by atoms with van der Waals surface area (Å²) >= 11 is 12.9. The zero-order chi connectivity index (χ0) is 22.5. The first-order chi connectivity index (χ1) is 14.8. The van der Waals surface area contributed by atoms with Crippen LogP contribution in [0.25, 0.3) is 6.08 Å². The van der Waals surface area contributed by atoms with E-state index in [2.05, 4.69) is 0 Å². The van der Waals surface area contributed by atoms with Gasteiger partial charge in [-0.15, -0.1) is 0 Å². The molecule has 0 aliphatic carbocycles. The predicted octanol–water partition coefficient (Wildman–Crippen LogP) is 5.56. The summed E-state index contributed by atoms with van der Waals surface area (Å²) in [4.78, 5) is 38.2. The van der Waals surface area contributed by atoms with Gasteiger partial charge in [-0.3, -0.25) is 14.5 Å². The molecular weight excluding hydrogens is 461 g/mol. The lowest BCUT2D eigenvalue weighted by molar-refractivity contribution is -0.150. The summed E-state index contributed by atoms with van der Waals surface area (Å²) in [6.07, 6.45) is 1.57. The van der Waals surface area contributed by atoms with Gasteiger partial charge in [0, 0.05) is 21.2 Å². The molecule has 2 aromatic carbocycles. The third-order valence-corrected chi connectivity index (χ3v) is 5.91. The van der Waals surface area contributed by atoms with Crippen molar-refractivity contribution < 1.29 is 23.9 Å². The molecule has 6 nitrogen and oxygen atoms in total. The van der Waals surface area contributed by atoms with Crippen molar-refractivity contribution in [3.63, 3.8) is 0 Å². The van der Waals surface area contributed by atoms with Crippen LogP contribution in [0.3, 0.4) is 0 Å². The molecule has 2 aromatic rings. The van der Waals surface area contributed by atoms with Crippen LogP contribution in [-0.4, -0.2) is 34.7 Å². The summed E-state index contributed by atoms with van der Waals surface area (Å²) < 4.78 is 10.8. The van der Waals surface area contributed by atoms with Crippen LogP contribution in [-0.2, 0) is 20.9 Å². The van der Waals surface area contributed by atoms with Crippen molar-refractivity contribution in [1.29, 1.82) is 0 Å². The second kappa shape index (κ2) is 10.2. The van der Waals surface area contributed by atoms with E-state index in [0.29, 0.717) is 21.4 Å². The average molecular weight is 480 g/mol. The van der Waals surface area contributed by atoms with Crippen LogP contribution in [0, 0.1) is 0 Å². The number of para-hydroxylation sites is 1. The Bertz CT molecular complexity index is 1060. The second-order valence-electron chi connectivity index (χ2n) is 6.54. The molecule has 1 saturated heterocycles. The van der Waals surface area contributed by atoms with Gasteiger partial charge in [0.2, 0.25) is 0 Å². The van der Waals surface area contributed by atoms with E-state index in [1.165, 1.54) is 6.92 Å². The van der Waals surface area contributed by atoms with Crippen molar-refractivity contribution in [1.82, 2.24) is 4.90 Å². The summed E-state index contributed by atoms with van der Waals surface area (Å²) in [5.41, 5.74) is 1.37. The van der Waals surface area contributed by atoms with E-state index >= 15 is 0 Å². The Hall–Kier alpha value is -2.48. The number of halogens is 2. The predicted molar refractivity (Wildman–Crippen MR) is 121 cm³/mol. The fraction of sp³-hybridized carbons (Fsp3) is 0.227. The molecule has 2 amide bonds. The lowest BCUT2D eigenvalue weighted by atomic mass is 10.1. The maximum Gasteiger partial charge on any atom is 0.329 e. The van der Waals surface area contributed by atoms with Crippen LogP contribution in [0.2, 0.25) is 10.0 Å². The fourth-order valence-corrected chi connectivity index (χ4v) is 4.21. The molecule has 0 saturated carbocycles. The van der Waals surface area contributed by atoms with Gasteiger partial charge < -0.3 is 9.47 Å². The zero-order valence-electron chi connectivity index (χ0n) is 16.8. The molecule has 1 fully saturated rings. The Morgan fingerprint density at radius 2 is 1.94 bits per heavy atom. The van der Waals surface area contributed by atoms with E-state index in [-0.39, 0.29) is 18.1 Å². The maximum absolute atomic E-state index is 12.8. The first-order valence-corrected chi connectivity index (χ1v) is 11.0. The highest BCUT2D eigenvalue weighted by Crippen LogP contribution is 2.35. The van der Waals surface area contributed by atoms with Crippen LogP contribution >= 0.6 is 35.0 Å². The first kappa shape index (κ1) is 23.2. The topological polar surface area (TPSA) is 72.9 Å². The van der Waals surface area contributed by atoms with Gasteiger partial charge >= 0.3 is 5.97 Å². The number of thioether (sulfide) groups is 1. The van der Waals surface area contributed by atoms with Gasteiger partial charge in [-0.2, -0.15) is 0 Å². The van der Waals surface area contributed by atoms with E-state index in [1.807, 2.05) is 0 Å². The van der Waals surface area contributed by atoms with Gasteiger partial charge in [-0.05, 0) is 49.9 Å². The molecule has 1 aliphatic rings. The summed E-state index contributed by atoms with van der Waals surface area (Å²) in [7, 11) is 0. The van der Waals surface area contributed by atoms with Crippen LogP contribution < -0.4 is 4.74 Å². The number of hydrogen-bond donors (Lipinski definition) is 0. The monoisotopic (exact) mass is 479 g/mol. The third-order valence-electron chi connectivity index (χ3n) is 4.44. The van der Waals surface area contributed by atoms with Gasteiger partial charge in [0.1, 0.15) is 18.4 Å². The molecule has 0 bridgehead atoms. The van der Waals surface area contributed by atoms with Crippen molar-refractivity contribution >= 4 is 58.2 Å². The van der Waals surface area contributed by atoms with Crippen molar-refractivity contribution in [2.45, 2.75) is 26.5 Å². The number of esters is 1. The Morgan fingerprint density at radius 3 is 2.65 bits per heavy atom. The zero-order valence-corrected chi connectivity index (χ0v) is 19.1. The van der Waals surface area contributed by atoms with Crippen LogP contribution in [0.1, 0.15) is 25.0 Å². The number of rotatable bonds is 7. The van der Waals surface area contributed by atoms with E-state index < -0.39 is 23.2 Å². The highest BCUT2D eigenvalue weighted by atomic mass is 35.5. The molecule has 1 atom stereocenters.